The smallest absolute Gasteiger partial charge is 0.340 e. The molecule has 4 rings (SSSR count). The Morgan fingerprint density at radius 3 is 2.48 bits per heavy atom. The van der Waals surface area contributed by atoms with Crippen LogP contribution in [0, 0.1) is 6.92 Å². The summed E-state index contributed by atoms with van der Waals surface area (Å²) in [5.74, 6) is -0.227. The van der Waals surface area contributed by atoms with Gasteiger partial charge in [-0.1, -0.05) is 60.7 Å². The van der Waals surface area contributed by atoms with E-state index in [1.54, 1.807) is 0 Å². The molecular weight excluding hydrogens is 260 g/mol. The predicted molar refractivity (Wildman–Crippen MR) is 82.4 cm³/mol. The average molecular weight is 274 g/mol. The summed E-state index contributed by atoms with van der Waals surface area (Å²) in [4.78, 5) is 12.4. The highest BCUT2D eigenvalue weighted by Crippen LogP contribution is 2.40. The molecule has 2 heteroatoms. The van der Waals surface area contributed by atoms with Crippen LogP contribution in [0.2, 0.25) is 0 Å². The van der Waals surface area contributed by atoms with Crippen molar-refractivity contribution in [3.8, 4) is 0 Å². The normalized spacial score (nSPS) is 16.8. The number of hydrogen-bond acceptors (Lipinski definition) is 2. The zero-order valence-electron chi connectivity index (χ0n) is 11.7. The van der Waals surface area contributed by atoms with E-state index in [0.717, 1.165) is 27.5 Å². The van der Waals surface area contributed by atoms with Gasteiger partial charge in [0.1, 0.15) is 0 Å². The highest BCUT2D eigenvalue weighted by atomic mass is 16.5. The molecule has 3 aromatic rings. The van der Waals surface area contributed by atoms with Gasteiger partial charge in [0.05, 0.1) is 5.56 Å². The second-order valence-corrected chi connectivity index (χ2v) is 5.39. The molecule has 0 aliphatic carbocycles. The van der Waals surface area contributed by atoms with Gasteiger partial charge in [-0.15, -0.1) is 0 Å². The minimum Gasteiger partial charge on any atom is -0.449 e. The molecule has 0 radical (unpaired) electrons. The van der Waals surface area contributed by atoms with Gasteiger partial charge in [0, 0.05) is 5.56 Å². The Kier molecular flexibility index (Phi) is 2.58. The first kappa shape index (κ1) is 12.2. The van der Waals surface area contributed by atoms with E-state index in [1.165, 1.54) is 0 Å². The summed E-state index contributed by atoms with van der Waals surface area (Å²) >= 11 is 0. The van der Waals surface area contributed by atoms with Crippen LogP contribution in [-0.2, 0) is 4.74 Å². The van der Waals surface area contributed by atoms with E-state index in [9.17, 15) is 4.79 Å². The minimum absolute atomic E-state index is 0.227. The van der Waals surface area contributed by atoms with Crippen molar-refractivity contribution >= 4 is 16.7 Å². The summed E-state index contributed by atoms with van der Waals surface area (Å²) in [6.45, 7) is 2.04. The van der Waals surface area contributed by atoms with Crippen molar-refractivity contribution < 1.29 is 9.53 Å². The molecular formula is C19H14O2. The largest absolute Gasteiger partial charge is 0.449 e. The average Bonchev–Trinajstić information content (AvgIpc) is 2.85. The van der Waals surface area contributed by atoms with Gasteiger partial charge < -0.3 is 4.74 Å². The van der Waals surface area contributed by atoms with Gasteiger partial charge in [-0.05, 0) is 28.8 Å². The van der Waals surface area contributed by atoms with Crippen LogP contribution in [0.25, 0.3) is 10.8 Å². The number of cyclic esters (lactones) is 1. The maximum atomic E-state index is 12.4. The summed E-state index contributed by atoms with van der Waals surface area (Å²) in [6, 6.07) is 20.1. The van der Waals surface area contributed by atoms with Crippen molar-refractivity contribution in [2.45, 2.75) is 13.0 Å². The number of esters is 1. The van der Waals surface area contributed by atoms with Gasteiger partial charge in [0.2, 0.25) is 0 Å². The number of benzene rings is 3. The van der Waals surface area contributed by atoms with Crippen molar-refractivity contribution in [2.24, 2.45) is 0 Å². The van der Waals surface area contributed by atoms with Gasteiger partial charge in [0.25, 0.3) is 0 Å². The zero-order valence-corrected chi connectivity index (χ0v) is 11.7. The molecule has 102 valence electrons. The Morgan fingerprint density at radius 1 is 0.857 bits per heavy atom. The maximum absolute atomic E-state index is 12.4. The molecule has 3 aromatic carbocycles. The van der Waals surface area contributed by atoms with E-state index in [4.69, 9.17) is 4.74 Å². The minimum atomic E-state index is -0.293. The Balaban J connectivity index is 1.97. The SMILES string of the molecule is Cc1ccccc1C1OC(=O)c2c1ccc1ccccc21. The van der Waals surface area contributed by atoms with Crippen LogP contribution in [0.1, 0.15) is 33.2 Å². The molecule has 21 heavy (non-hydrogen) atoms. The van der Waals surface area contributed by atoms with Crippen molar-refractivity contribution in [3.63, 3.8) is 0 Å². The van der Waals surface area contributed by atoms with Crippen LogP contribution in [0.5, 0.6) is 0 Å². The third kappa shape index (κ3) is 1.76. The lowest BCUT2D eigenvalue weighted by Gasteiger charge is -2.13. The summed E-state index contributed by atoms with van der Waals surface area (Å²) < 4.78 is 5.67. The molecule has 1 aliphatic heterocycles. The van der Waals surface area contributed by atoms with Gasteiger partial charge in [-0.3, -0.25) is 0 Å². The highest BCUT2D eigenvalue weighted by molar-refractivity contribution is 6.08. The van der Waals surface area contributed by atoms with Crippen molar-refractivity contribution in [1.82, 2.24) is 0 Å². The van der Waals surface area contributed by atoms with E-state index in [0.29, 0.717) is 5.56 Å². The first-order chi connectivity index (χ1) is 10.3. The Morgan fingerprint density at radius 2 is 1.62 bits per heavy atom. The molecule has 0 amide bonds. The lowest BCUT2D eigenvalue weighted by molar-refractivity contribution is 0.0456. The van der Waals surface area contributed by atoms with Crippen LogP contribution in [-0.4, -0.2) is 5.97 Å². The molecule has 0 saturated carbocycles. The number of carbonyl (C=O) groups excluding carboxylic acids is 1. The lowest BCUT2D eigenvalue weighted by atomic mass is 9.93. The Bertz CT molecular complexity index is 864. The Hall–Kier alpha value is -2.61. The van der Waals surface area contributed by atoms with E-state index >= 15 is 0 Å². The van der Waals surface area contributed by atoms with Crippen LogP contribution in [0.4, 0.5) is 0 Å². The van der Waals surface area contributed by atoms with Gasteiger partial charge in [-0.25, -0.2) is 4.79 Å². The van der Waals surface area contributed by atoms with Gasteiger partial charge in [0.15, 0.2) is 6.10 Å². The third-order valence-corrected chi connectivity index (χ3v) is 4.14. The second kappa shape index (κ2) is 4.45. The molecule has 0 bridgehead atoms. The number of fused-ring (bicyclic) bond motifs is 3. The van der Waals surface area contributed by atoms with E-state index in [1.807, 2.05) is 61.5 Å². The van der Waals surface area contributed by atoms with Crippen molar-refractivity contribution in [1.29, 1.82) is 0 Å². The molecule has 2 nitrogen and oxygen atoms in total. The molecule has 1 heterocycles. The number of hydrogen-bond donors (Lipinski definition) is 0. The monoisotopic (exact) mass is 274 g/mol. The number of carbonyl (C=O) groups is 1. The maximum Gasteiger partial charge on any atom is 0.340 e. The molecule has 1 aliphatic rings. The highest BCUT2D eigenvalue weighted by Gasteiger charge is 2.34. The topological polar surface area (TPSA) is 26.3 Å². The van der Waals surface area contributed by atoms with Crippen LogP contribution < -0.4 is 0 Å². The quantitative estimate of drug-likeness (QED) is 0.614. The van der Waals surface area contributed by atoms with Crippen LogP contribution in [0.15, 0.2) is 60.7 Å². The first-order valence-corrected chi connectivity index (χ1v) is 7.04. The standard InChI is InChI=1S/C19H14O2/c1-12-6-2-4-8-14(12)18-16-11-10-13-7-3-5-9-15(13)17(16)19(20)21-18/h2-11,18H,1H3. The number of aryl methyl sites for hydroxylation is 1. The fraction of sp³-hybridized carbons (Fsp3) is 0.105. The molecule has 0 spiro atoms. The van der Waals surface area contributed by atoms with E-state index < -0.39 is 0 Å². The fourth-order valence-electron chi connectivity index (χ4n) is 3.08. The summed E-state index contributed by atoms with van der Waals surface area (Å²) in [7, 11) is 0. The third-order valence-electron chi connectivity index (χ3n) is 4.14. The first-order valence-electron chi connectivity index (χ1n) is 7.04. The molecule has 0 N–H and O–H groups in total. The van der Waals surface area contributed by atoms with Crippen LogP contribution in [0.3, 0.4) is 0 Å². The van der Waals surface area contributed by atoms with Gasteiger partial charge in [-0.2, -0.15) is 0 Å². The zero-order chi connectivity index (χ0) is 14.4. The number of ether oxygens (including phenoxy) is 1. The van der Waals surface area contributed by atoms with Gasteiger partial charge >= 0.3 is 5.97 Å². The molecule has 1 atom stereocenters. The van der Waals surface area contributed by atoms with Crippen molar-refractivity contribution in [3.05, 3.63) is 82.9 Å². The summed E-state index contributed by atoms with van der Waals surface area (Å²) in [5.41, 5.74) is 3.87. The lowest BCUT2D eigenvalue weighted by Crippen LogP contribution is -2.02. The summed E-state index contributed by atoms with van der Waals surface area (Å²) in [6.07, 6.45) is -0.293. The molecule has 1 unspecified atom stereocenters. The predicted octanol–water partition coefficient (Wildman–Crippen LogP) is 4.41. The summed E-state index contributed by atoms with van der Waals surface area (Å²) in [5, 5.41) is 2.04. The van der Waals surface area contributed by atoms with E-state index in [-0.39, 0.29) is 12.1 Å². The second-order valence-electron chi connectivity index (χ2n) is 5.39. The van der Waals surface area contributed by atoms with E-state index in [2.05, 4.69) is 6.07 Å². The van der Waals surface area contributed by atoms with Crippen molar-refractivity contribution in [2.75, 3.05) is 0 Å². The number of rotatable bonds is 1. The van der Waals surface area contributed by atoms with Crippen LogP contribution >= 0.6 is 0 Å². The Labute approximate surface area is 123 Å². The molecule has 0 fully saturated rings. The molecule has 0 aromatic heterocycles. The molecule has 0 saturated heterocycles. The fourth-order valence-corrected chi connectivity index (χ4v) is 3.08.